The van der Waals surface area contributed by atoms with Gasteiger partial charge in [-0.1, -0.05) is 35.9 Å². The van der Waals surface area contributed by atoms with Crippen LogP contribution in [0.4, 0.5) is 0 Å². The molecule has 23 heavy (non-hydrogen) atoms. The van der Waals surface area contributed by atoms with Gasteiger partial charge in [0.05, 0.1) is 10.4 Å². The van der Waals surface area contributed by atoms with Crippen LogP contribution in [0.3, 0.4) is 0 Å². The molecular formula is C17H22ClN3OS. The van der Waals surface area contributed by atoms with Crippen LogP contribution < -0.4 is 10.6 Å². The fourth-order valence-corrected chi connectivity index (χ4v) is 3.40. The Morgan fingerprint density at radius 2 is 2.04 bits per heavy atom. The van der Waals surface area contributed by atoms with Crippen LogP contribution in [-0.4, -0.2) is 24.7 Å². The molecule has 2 rings (SSSR count). The van der Waals surface area contributed by atoms with Crippen molar-refractivity contribution in [1.29, 1.82) is 0 Å². The molecule has 0 aliphatic carbocycles. The van der Waals surface area contributed by atoms with Crippen molar-refractivity contribution in [3.8, 4) is 0 Å². The Kier molecular flexibility index (Phi) is 6.45. The molecular weight excluding hydrogens is 330 g/mol. The van der Waals surface area contributed by atoms with Crippen LogP contribution in [0.5, 0.6) is 0 Å². The van der Waals surface area contributed by atoms with Crippen LogP contribution >= 0.6 is 22.9 Å². The first-order chi connectivity index (χ1) is 11.0. The summed E-state index contributed by atoms with van der Waals surface area (Å²) in [5.74, 6) is 0.655. The molecule has 0 radical (unpaired) electrons. The zero-order chi connectivity index (χ0) is 16.8. The number of nitrogens with zero attached hydrogens (tertiary/aromatic N) is 1. The average molecular weight is 352 g/mol. The number of aryl methyl sites for hydroxylation is 1. The summed E-state index contributed by atoms with van der Waals surface area (Å²) in [4.78, 5) is 5.05. The van der Waals surface area contributed by atoms with Gasteiger partial charge in [0, 0.05) is 18.5 Å². The Balaban J connectivity index is 1.92. The Labute approximate surface area is 146 Å². The molecule has 1 heterocycles. The highest BCUT2D eigenvalue weighted by molar-refractivity contribution is 7.16. The number of hydrogen-bond donors (Lipinski definition) is 3. The molecule has 0 aliphatic heterocycles. The summed E-state index contributed by atoms with van der Waals surface area (Å²) < 4.78 is 0.676. The summed E-state index contributed by atoms with van der Waals surface area (Å²) >= 11 is 7.28. The van der Waals surface area contributed by atoms with Gasteiger partial charge in [-0.2, -0.15) is 0 Å². The molecule has 1 aromatic carbocycles. The first-order valence-electron chi connectivity index (χ1n) is 7.47. The van der Waals surface area contributed by atoms with Gasteiger partial charge in [0.15, 0.2) is 5.96 Å². The van der Waals surface area contributed by atoms with E-state index in [9.17, 15) is 5.11 Å². The molecule has 0 aliphatic rings. The maximum absolute atomic E-state index is 10.2. The van der Waals surface area contributed by atoms with E-state index in [0.717, 1.165) is 4.88 Å². The van der Waals surface area contributed by atoms with Crippen molar-refractivity contribution in [2.24, 2.45) is 4.99 Å². The first-order valence-corrected chi connectivity index (χ1v) is 8.66. The summed E-state index contributed by atoms with van der Waals surface area (Å²) in [6.07, 6.45) is -0.611. The van der Waals surface area contributed by atoms with Gasteiger partial charge in [0.1, 0.15) is 6.10 Å². The third kappa shape index (κ3) is 4.96. The number of benzene rings is 1. The fourth-order valence-electron chi connectivity index (χ4n) is 2.35. The van der Waals surface area contributed by atoms with E-state index in [1.54, 1.807) is 13.1 Å². The van der Waals surface area contributed by atoms with Crippen LogP contribution in [0, 0.1) is 6.92 Å². The lowest BCUT2D eigenvalue weighted by atomic mass is 10.0. The van der Waals surface area contributed by atoms with Crippen LogP contribution in [0.25, 0.3) is 0 Å². The standard InChI is InChI=1S/C17H22ClN3OS/c1-11-6-4-5-7-13(11)12(2)21-17(19-3)20-10-14(22)15-8-9-16(18)23-15/h4-9,12,14,22H,10H2,1-3H3,(H2,19,20,21). The molecule has 6 heteroatoms. The van der Waals surface area contributed by atoms with E-state index in [1.165, 1.54) is 22.5 Å². The van der Waals surface area contributed by atoms with Crippen molar-refractivity contribution in [2.45, 2.75) is 26.0 Å². The molecule has 0 saturated heterocycles. The second kappa shape index (κ2) is 8.34. The number of thiophene rings is 1. The van der Waals surface area contributed by atoms with E-state index in [-0.39, 0.29) is 6.04 Å². The fraction of sp³-hybridized carbons (Fsp3) is 0.353. The quantitative estimate of drug-likeness (QED) is 0.569. The maximum Gasteiger partial charge on any atom is 0.191 e. The predicted octanol–water partition coefficient (Wildman–Crippen LogP) is 3.67. The lowest BCUT2D eigenvalue weighted by molar-refractivity contribution is 0.184. The van der Waals surface area contributed by atoms with Crippen molar-refractivity contribution in [2.75, 3.05) is 13.6 Å². The molecule has 124 valence electrons. The second-order valence-electron chi connectivity index (χ2n) is 5.33. The lowest BCUT2D eigenvalue weighted by Gasteiger charge is -2.20. The van der Waals surface area contributed by atoms with Gasteiger partial charge in [-0.3, -0.25) is 4.99 Å². The van der Waals surface area contributed by atoms with E-state index in [0.29, 0.717) is 16.8 Å². The van der Waals surface area contributed by atoms with Gasteiger partial charge in [0.25, 0.3) is 0 Å². The minimum absolute atomic E-state index is 0.121. The lowest BCUT2D eigenvalue weighted by Crippen LogP contribution is -2.40. The summed E-state index contributed by atoms with van der Waals surface area (Å²) in [5, 5.41) is 16.7. The SMILES string of the molecule is CN=C(NCC(O)c1ccc(Cl)s1)NC(C)c1ccccc1C. The van der Waals surface area contributed by atoms with E-state index in [1.807, 2.05) is 18.2 Å². The first kappa shape index (κ1) is 17.8. The highest BCUT2D eigenvalue weighted by atomic mass is 35.5. The van der Waals surface area contributed by atoms with Crippen LogP contribution in [0.2, 0.25) is 4.34 Å². The van der Waals surface area contributed by atoms with Gasteiger partial charge >= 0.3 is 0 Å². The number of guanidine groups is 1. The molecule has 0 amide bonds. The van der Waals surface area contributed by atoms with Crippen molar-refractivity contribution >= 4 is 28.9 Å². The summed E-state index contributed by atoms with van der Waals surface area (Å²) in [5.41, 5.74) is 2.46. The molecule has 0 bridgehead atoms. The molecule has 0 saturated carbocycles. The Bertz CT molecular complexity index is 671. The van der Waals surface area contributed by atoms with Gasteiger partial charge in [-0.25, -0.2) is 0 Å². The van der Waals surface area contributed by atoms with E-state index in [4.69, 9.17) is 11.6 Å². The molecule has 4 nitrogen and oxygen atoms in total. The van der Waals surface area contributed by atoms with Gasteiger partial charge in [-0.05, 0) is 37.1 Å². The number of halogens is 1. The smallest absolute Gasteiger partial charge is 0.191 e. The predicted molar refractivity (Wildman–Crippen MR) is 98.4 cm³/mol. The third-order valence-corrected chi connectivity index (χ3v) is 4.95. The number of aliphatic hydroxyl groups excluding tert-OH is 1. The number of nitrogens with one attached hydrogen (secondary N) is 2. The van der Waals surface area contributed by atoms with Crippen LogP contribution in [0.1, 0.15) is 35.1 Å². The molecule has 2 atom stereocenters. The minimum atomic E-state index is -0.611. The zero-order valence-electron chi connectivity index (χ0n) is 13.5. The molecule has 3 N–H and O–H groups in total. The maximum atomic E-state index is 10.2. The largest absolute Gasteiger partial charge is 0.386 e. The van der Waals surface area contributed by atoms with Crippen LogP contribution in [-0.2, 0) is 0 Å². The number of rotatable bonds is 5. The highest BCUT2D eigenvalue weighted by Crippen LogP contribution is 2.26. The van der Waals surface area contributed by atoms with Crippen molar-refractivity contribution in [3.63, 3.8) is 0 Å². The molecule has 2 aromatic rings. The van der Waals surface area contributed by atoms with Crippen molar-refractivity contribution in [1.82, 2.24) is 10.6 Å². The van der Waals surface area contributed by atoms with E-state index in [2.05, 4.69) is 41.6 Å². The number of aliphatic hydroxyl groups is 1. The Morgan fingerprint density at radius 1 is 1.30 bits per heavy atom. The van der Waals surface area contributed by atoms with Gasteiger partial charge < -0.3 is 15.7 Å². The summed E-state index contributed by atoms with van der Waals surface area (Å²) in [7, 11) is 1.72. The van der Waals surface area contributed by atoms with Crippen LogP contribution in [0.15, 0.2) is 41.4 Å². The summed E-state index contributed by atoms with van der Waals surface area (Å²) in [6.45, 7) is 4.55. The summed E-state index contributed by atoms with van der Waals surface area (Å²) in [6, 6.07) is 12.0. The average Bonchev–Trinajstić information content (AvgIpc) is 2.98. The molecule has 2 unspecified atom stereocenters. The molecule has 0 spiro atoms. The Hall–Kier alpha value is -1.56. The zero-order valence-corrected chi connectivity index (χ0v) is 15.1. The number of hydrogen-bond acceptors (Lipinski definition) is 3. The highest BCUT2D eigenvalue weighted by Gasteiger charge is 2.13. The van der Waals surface area contributed by atoms with Gasteiger partial charge in [-0.15, -0.1) is 11.3 Å². The van der Waals surface area contributed by atoms with Crippen molar-refractivity contribution < 1.29 is 5.11 Å². The monoisotopic (exact) mass is 351 g/mol. The van der Waals surface area contributed by atoms with E-state index < -0.39 is 6.10 Å². The minimum Gasteiger partial charge on any atom is -0.386 e. The Morgan fingerprint density at radius 3 is 2.65 bits per heavy atom. The number of aliphatic imine (C=N–C) groups is 1. The normalized spacial score (nSPS) is 14.4. The van der Waals surface area contributed by atoms with Crippen molar-refractivity contribution in [3.05, 3.63) is 56.7 Å². The van der Waals surface area contributed by atoms with Gasteiger partial charge in [0.2, 0.25) is 0 Å². The third-order valence-electron chi connectivity index (χ3n) is 3.62. The molecule has 0 fully saturated rings. The second-order valence-corrected chi connectivity index (χ2v) is 7.08. The van der Waals surface area contributed by atoms with E-state index >= 15 is 0 Å². The topological polar surface area (TPSA) is 56.7 Å². The molecule has 1 aromatic heterocycles.